The second-order valence-electron chi connectivity index (χ2n) is 13.1. The number of rotatable bonds is 18. The van der Waals surface area contributed by atoms with E-state index >= 15 is 0 Å². The Bertz CT molecular complexity index is 1620. The van der Waals surface area contributed by atoms with Crippen LogP contribution in [-0.4, -0.2) is 82.3 Å². The fourth-order valence-electron chi connectivity index (χ4n) is 5.98. The average molecular weight is 722 g/mol. The molecule has 5 atom stereocenters. The van der Waals surface area contributed by atoms with Gasteiger partial charge in [-0.05, 0) is 55.4 Å². The molecule has 0 aliphatic carbocycles. The van der Waals surface area contributed by atoms with Gasteiger partial charge in [0.1, 0.15) is 24.2 Å². The lowest BCUT2D eigenvalue weighted by Gasteiger charge is -2.32. The summed E-state index contributed by atoms with van der Waals surface area (Å²) < 4.78 is 0. The highest BCUT2D eigenvalue weighted by atomic mass is 16.4. The molecule has 282 valence electrons. The van der Waals surface area contributed by atoms with E-state index in [1.165, 1.54) is 4.90 Å². The van der Waals surface area contributed by atoms with Crippen molar-refractivity contribution in [2.24, 2.45) is 11.7 Å². The quantitative estimate of drug-likeness (QED) is 0.121. The fraction of sp³-hybridized carbons (Fsp3) is 0.486. The molecular weight excluding hydrogens is 670 g/mol. The second kappa shape index (κ2) is 19.8. The number of primary amides is 1. The standard InChI is InChI=1S/C37H51N7O8/c1-5-7-15-27(39-30(45)20-24-14-9-11-17-26(24)42-37(52)41-25-16-10-8-13-23(25)4)34(49)40-28(21-31(46)47)35(50)43-32(22(3)6-2)36(51)44-19-12-18-29(44)33(38)48/h8-11,13-14,16-17,22,27-29,32H,5-7,12,15,18-21H2,1-4H3,(H2,38,48)(H,39,45)(H,40,49)(H,43,50)(H,46,47)(H2,41,42,52)/t22?,27-,28-,29-,32-/m0/s1. The third-order valence-electron chi connectivity index (χ3n) is 9.16. The maximum absolute atomic E-state index is 13.6. The lowest BCUT2D eigenvalue weighted by Crippen LogP contribution is -2.59. The molecular formula is C37H51N7O8. The minimum atomic E-state index is -1.58. The first-order chi connectivity index (χ1) is 24.7. The zero-order valence-corrected chi connectivity index (χ0v) is 30.2. The SMILES string of the molecule is CCCC[C@H](NC(=O)Cc1ccccc1NC(=O)Nc1ccccc1C)C(=O)N[C@@H](CC(=O)O)C(=O)N[C@H](C(=O)N1CCC[C@H]1C(N)=O)C(C)CC. The molecule has 0 spiro atoms. The normalized spacial score (nSPS) is 16.1. The first-order valence-corrected chi connectivity index (χ1v) is 17.7. The number of nitrogens with zero attached hydrogens (tertiary/aromatic N) is 1. The van der Waals surface area contributed by atoms with E-state index in [2.05, 4.69) is 26.6 Å². The molecule has 0 saturated carbocycles. The molecule has 7 amide bonds. The third kappa shape index (κ3) is 11.8. The Morgan fingerprint density at radius 2 is 1.52 bits per heavy atom. The van der Waals surface area contributed by atoms with Crippen LogP contribution < -0.4 is 32.3 Å². The highest BCUT2D eigenvalue weighted by Crippen LogP contribution is 2.22. The van der Waals surface area contributed by atoms with Gasteiger partial charge in [-0.3, -0.25) is 28.8 Å². The Balaban J connectivity index is 1.73. The molecule has 2 aromatic rings. The van der Waals surface area contributed by atoms with Gasteiger partial charge in [-0.2, -0.15) is 0 Å². The van der Waals surface area contributed by atoms with Crippen molar-refractivity contribution < 1.29 is 38.7 Å². The van der Waals surface area contributed by atoms with E-state index in [9.17, 15) is 38.7 Å². The van der Waals surface area contributed by atoms with E-state index in [4.69, 9.17) is 5.73 Å². The number of benzene rings is 2. The van der Waals surface area contributed by atoms with E-state index in [1.807, 2.05) is 32.9 Å². The van der Waals surface area contributed by atoms with Gasteiger partial charge in [-0.25, -0.2) is 4.79 Å². The summed E-state index contributed by atoms with van der Waals surface area (Å²) >= 11 is 0. The van der Waals surface area contributed by atoms with Crippen molar-refractivity contribution in [3.05, 3.63) is 59.7 Å². The van der Waals surface area contributed by atoms with E-state index < -0.39 is 78.0 Å². The Morgan fingerprint density at radius 3 is 2.15 bits per heavy atom. The van der Waals surface area contributed by atoms with Crippen LogP contribution in [0, 0.1) is 12.8 Å². The zero-order chi connectivity index (χ0) is 38.4. The number of unbranched alkanes of at least 4 members (excludes halogenated alkanes) is 1. The molecule has 1 heterocycles. The monoisotopic (exact) mass is 721 g/mol. The molecule has 1 saturated heterocycles. The molecule has 2 aromatic carbocycles. The number of carboxylic acid groups (broad SMARTS) is 1. The van der Waals surface area contributed by atoms with Crippen LogP contribution in [0.2, 0.25) is 0 Å². The largest absolute Gasteiger partial charge is 0.481 e. The molecule has 3 rings (SSSR count). The molecule has 1 aliphatic heterocycles. The predicted molar refractivity (Wildman–Crippen MR) is 195 cm³/mol. The third-order valence-corrected chi connectivity index (χ3v) is 9.16. The Hall–Kier alpha value is -5.47. The number of nitrogens with two attached hydrogens (primary N) is 1. The van der Waals surface area contributed by atoms with Crippen molar-refractivity contribution in [1.82, 2.24) is 20.9 Å². The lowest BCUT2D eigenvalue weighted by atomic mass is 9.96. The van der Waals surface area contributed by atoms with Gasteiger partial charge >= 0.3 is 12.0 Å². The number of nitrogens with one attached hydrogen (secondary N) is 5. The van der Waals surface area contributed by atoms with Gasteiger partial charge in [-0.15, -0.1) is 0 Å². The van der Waals surface area contributed by atoms with E-state index in [0.29, 0.717) is 49.0 Å². The molecule has 0 radical (unpaired) electrons. The number of aliphatic carboxylic acids is 1. The Kier molecular flexibility index (Phi) is 15.6. The molecule has 1 fully saturated rings. The summed E-state index contributed by atoms with van der Waals surface area (Å²) in [6.45, 7) is 7.60. The van der Waals surface area contributed by atoms with E-state index in [0.717, 1.165) is 5.56 Å². The minimum Gasteiger partial charge on any atom is -0.481 e. The topological polar surface area (TPSA) is 229 Å². The summed E-state index contributed by atoms with van der Waals surface area (Å²) in [6, 6.07) is 8.88. The Labute approximate surface area is 303 Å². The molecule has 0 aromatic heterocycles. The number of amides is 7. The van der Waals surface area contributed by atoms with E-state index in [-0.39, 0.29) is 19.4 Å². The summed E-state index contributed by atoms with van der Waals surface area (Å²) in [5.41, 5.74) is 7.87. The van der Waals surface area contributed by atoms with Crippen molar-refractivity contribution in [1.29, 1.82) is 0 Å². The second-order valence-corrected chi connectivity index (χ2v) is 13.1. The van der Waals surface area contributed by atoms with Crippen LogP contribution in [-0.2, 0) is 35.2 Å². The maximum Gasteiger partial charge on any atom is 0.323 e. The number of carbonyl (C=O) groups is 7. The van der Waals surface area contributed by atoms with Crippen molar-refractivity contribution >= 4 is 52.9 Å². The smallest absolute Gasteiger partial charge is 0.323 e. The van der Waals surface area contributed by atoms with Crippen molar-refractivity contribution in [3.8, 4) is 0 Å². The number of aryl methyl sites for hydroxylation is 1. The number of anilines is 2. The molecule has 15 nitrogen and oxygen atoms in total. The number of para-hydroxylation sites is 2. The van der Waals surface area contributed by atoms with Crippen molar-refractivity contribution in [3.63, 3.8) is 0 Å². The van der Waals surface area contributed by atoms with Crippen molar-refractivity contribution in [2.45, 2.75) is 103 Å². The van der Waals surface area contributed by atoms with Crippen LogP contribution in [0.1, 0.15) is 76.8 Å². The summed E-state index contributed by atoms with van der Waals surface area (Å²) in [5, 5.41) is 23.0. The van der Waals surface area contributed by atoms with Gasteiger partial charge in [0.15, 0.2) is 0 Å². The predicted octanol–water partition coefficient (Wildman–Crippen LogP) is 2.82. The molecule has 52 heavy (non-hydrogen) atoms. The van der Waals surface area contributed by atoms with Crippen molar-refractivity contribution in [2.75, 3.05) is 17.2 Å². The van der Waals surface area contributed by atoms with Gasteiger partial charge in [0.25, 0.3) is 0 Å². The fourth-order valence-corrected chi connectivity index (χ4v) is 5.98. The number of hydrogen-bond acceptors (Lipinski definition) is 7. The zero-order valence-electron chi connectivity index (χ0n) is 30.2. The Morgan fingerprint density at radius 1 is 0.885 bits per heavy atom. The van der Waals surface area contributed by atoms with E-state index in [1.54, 1.807) is 43.3 Å². The summed E-state index contributed by atoms with van der Waals surface area (Å²) in [4.78, 5) is 91.9. The highest BCUT2D eigenvalue weighted by molar-refractivity contribution is 6.01. The van der Waals surface area contributed by atoms with Crippen LogP contribution in [0.4, 0.5) is 16.2 Å². The molecule has 8 N–H and O–H groups in total. The lowest BCUT2D eigenvalue weighted by molar-refractivity contribution is -0.144. The molecule has 1 aliphatic rings. The first-order valence-electron chi connectivity index (χ1n) is 17.7. The number of urea groups is 1. The molecule has 0 bridgehead atoms. The van der Waals surface area contributed by atoms with Gasteiger partial charge in [-0.1, -0.05) is 76.4 Å². The maximum atomic E-state index is 13.6. The summed E-state index contributed by atoms with van der Waals surface area (Å²) in [7, 11) is 0. The number of carboxylic acids is 1. The van der Waals surface area contributed by atoms with Crippen LogP contribution >= 0.6 is 0 Å². The number of hydrogen-bond donors (Lipinski definition) is 7. The summed E-state index contributed by atoms with van der Waals surface area (Å²) in [5.74, 6) is -5.14. The van der Waals surface area contributed by atoms with Crippen LogP contribution in [0.5, 0.6) is 0 Å². The number of carbonyl (C=O) groups excluding carboxylic acids is 6. The van der Waals surface area contributed by atoms with Gasteiger partial charge in [0.05, 0.1) is 12.8 Å². The molecule has 15 heteroatoms. The van der Waals surface area contributed by atoms with Gasteiger partial charge in [0, 0.05) is 17.9 Å². The minimum absolute atomic E-state index is 0.197. The first kappa shape index (κ1) is 41.0. The van der Waals surface area contributed by atoms with Crippen LogP contribution in [0.15, 0.2) is 48.5 Å². The highest BCUT2D eigenvalue weighted by Gasteiger charge is 2.39. The van der Waals surface area contributed by atoms with Crippen LogP contribution in [0.3, 0.4) is 0 Å². The summed E-state index contributed by atoms with van der Waals surface area (Å²) in [6.07, 6.45) is 1.87. The average Bonchev–Trinajstić information content (AvgIpc) is 3.60. The van der Waals surface area contributed by atoms with Gasteiger partial charge < -0.3 is 42.3 Å². The van der Waals surface area contributed by atoms with Crippen LogP contribution in [0.25, 0.3) is 0 Å². The number of likely N-dealkylation sites (tertiary alicyclic amines) is 1. The molecule has 1 unspecified atom stereocenters. The van der Waals surface area contributed by atoms with Gasteiger partial charge in [0.2, 0.25) is 29.5 Å².